The molecule has 0 radical (unpaired) electrons. The lowest BCUT2D eigenvalue weighted by Gasteiger charge is -2.38. The van der Waals surface area contributed by atoms with Gasteiger partial charge in [-0.3, -0.25) is 4.90 Å². The van der Waals surface area contributed by atoms with Gasteiger partial charge in [0.15, 0.2) is 0 Å². The van der Waals surface area contributed by atoms with Crippen LogP contribution in [0.15, 0.2) is 12.1 Å². The molecule has 1 aromatic carbocycles. The van der Waals surface area contributed by atoms with Crippen molar-refractivity contribution in [3.05, 3.63) is 34.4 Å². The predicted molar refractivity (Wildman–Crippen MR) is 98.8 cm³/mol. The van der Waals surface area contributed by atoms with E-state index < -0.39 is 10.2 Å². The van der Waals surface area contributed by atoms with Crippen molar-refractivity contribution in [3.63, 3.8) is 0 Å². The van der Waals surface area contributed by atoms with Crippen molar-refractivity contribution in [2.45, 2.75) is 27.3 Å². The van der Waals surface area contributed by atoms with Gasteiger partial charge in [-0.2, -0.15) is 17.0 Å². The van der Waals surface area contributed by atoms with Crippen LogP contribution < -0.4 is 0 Å². The van der Waals surface area contributed by atoms with Crippen LogP contribution in [0.25, 0.3) is 0 Å². The van der Waals surface area contributed by atoms with Crippen molar-refractivity contribution in [3.8, 4) is 0 Å². The summed E-state index contributed by atoms with van der Waals surface area (Å²) in [6, 6.07) is 4.45. The first-order chi connectivity index (χ1) is 11.9. The Bertz CT molecular complexity index is 683. The van der Waals surface area contributed by atoms with E-state index in [1.54, 1.807) is 8.61 Å². The molecule has 0 amide bonds. The summed E-state index contributed by atoms with van der Waals surface area (Å²) in [4.78, 5) is 2.36. The number of aryl methyl sites for hydroxylation is 3. The highest BCUT2D eigenvalue weighted by Gasteiger charge is 2.33. The van der Waals surface area contributed by atoms with E-state index in [-0.39, 0.29) is 0 Å². The minimum absolute atomic E-state index is 0.463. The van der Waals surface area contributed by atoms with Crippen molar-refractivity contribution >= 4 is 10.2 Å². The highest BCUT2D eigenvalue weighted by Crippen LogP contribution is 2.20. The molecule has 2 aliphatic rings. The van der Waals surface area contributed by atoms with Crippen molar-refractivity contribution < 1.29 is 13.2 Å². The first-order valence-corrected chi connectivity index (χ1v) is 10.4. The van der Waals surface area contributed by atoms with Crippen molar-refractivity contribution in [1.29, 1.82) is 0 Å². The normalized spacial score (nSPS) is 21.6. The highest BCUT2D eigenvalue weighted by molar-refractivity contribution is 7.86. The minimum atomic E-state index is -3.34. The summed E-state index contributed by atoms with van der Waals surface area (Å²) in [5.74, 6) is 0. The third-order valence-electron chi connectivity index (χ3n) is 5.18. The van der Waals surface area contributed by atoms with E-state index in [0.29, 0.717) is 39.4 Å². The SMILES string of the molecule is Cc1cc(C)c(CN2CCN(S(=O)(=O)N3CCOCC3)CC2)c(C)c1. The molecule has 6 nitrogen and oxygen atoms in total. The number of hydrogen-bond acceptors (Lipinski definition) is 4. The molecule has 7 heteroatoms. The molecule has 2 fully saturated rings. The Kier molecular flexibility index (Phi) is 5.80. The predicted octanol–water partition coefficient (Wildman–Crippen LogP) is 1.31. The van der Waals surface area contributed by atoms with Gasteiger partial charge >= 0.3 is 0 Å². The zero-order valence-corrected chi connectivity index (χ0v) is 16.3. The smallest absolute Gasteiger partial charge is 0.282 e. The average molecular weight is 368 g/mol. The van der Waals surface area contributed by atoms with Gasteiger partial charge in [-0.15, -0.1) is 0 Å². The molecule has 0 spiro atoms. The third kappa shape index (κ3) is 4.23. The standard InChI is InChI=1S/C18H29N3O3S/c1-15-12-16(2)18(17(3)13-15)14-19-4-6-20(7-5-19)25(22,23)21-8-10-24-11-9-21/h12-13H,4-11,14H2,1-3H3. The zero-order chi connectivity index (χ0) is 18.0. The number of nitrogens with zero attached hydrogens (tertiary/aromatic N) is 3. The molecule has 140 valence electrons. The lowest BCUT2D eigenvalue weighted by Crippen LogP contribution is -2.54. The average Bonchev–Trinajstić information content (AvgIpc) is 2.59. The molecule has 3 rings (SSSR count). The second-order valence-electron chi connectivity index (χ2n) is 7.07. The van der Waals surface area contributed by atoms with Gasteiger partial charge in [0.05, 0.1) is 13.2 Å². The van der Waals surface area contributed by atoms with Crippen LogP contribution in [0.5, 0.6) is 0 Å². The summed E-state index contributed by atoms with van der Waals surface area (Å²) in [6.07, 6.45) is 0. The van der Waals surface area contributed by atoms with Gasteiger partial charge < -0.3 is 4.74 Å². The van der Waals surface area contributed by atoms with E-state index in [4.69, 9.17) is 4.74 Å². The van der Waals surface area contributed by atoms with Gasteiger partial charge in [0, 0.05) is 45.8 Å². The van der Waals surface area contributed by atoms with Crippen LogP contribution in [0, 0.1) is 20.8 Å². The zero-order valence-electron chi connectivity index (χ0n) is 15.5. The first-order valence-electron chi connectivity index (χ1n) is 9.00. The molecule has 2 saturated heterocycles. The Labute approximate surface area is 151 Å². The number of benzene rings is 1. The number of rotatable bonds is 4. The molecule has 0 aliphatic carbocycles. The summed E-state index contributed by atoms with van der Waals surface area (Å²) in [6.45, 7) is 11.9. The second-order valence-corrected chi connectivity index (χ2v) is 9.00. The highest BCUT2D eigenvalue weighted by atomic mass is 32.2. The molecule has 25 heavy (non-hydrogen) atoms. The van der Waals surface area contributed by atoms with Gasteiger partial charge in [0.25, 0.3) is 10.2 Å². The van der Waals surface area contributed by atoms with Crippen LogP contribution in [-0.4, -0.2) is 74.4 Å². The van der Waals surface area contributed by atoms with Crippen molar-refractivity contribution in [1.82, 2.24) is 13.5 Å². The summed E-state index contributed by atoms with van der Waals surface area (Å²) in [7, 11) is -3.34. The first kappa shape index (κ1) is 18.8. The molecular formula is C18H29N3O3S. The number of piperazine rings is 1. The van der Waals surface area contributed by atoms with E-state index in [9.17, 15) is 8.42 Å². The van der Waals surface area contributed by atoms with Crippen LogP contribution in [-0.2, 0) is 21.5 Å². The van der Waals surface area contributed by atoms with Crippen LogP contribution in [0.4, 0.5) is 0 Å². The van der Waals surface area contributed by atoms with Crippen LogP contribution >= 0.6 is 0 Å². The Morgan fingerprint density at radius 3 is 1.96 bits per heavy atom. The lowest BCUT2D eigenvalue weighted by atomic mass is 9.99. The van der Waals surface area contributed by atoms with Gasteiger partial charge in [-0.05, 0) is 37.5 Å². The molecule has 0 bridgehead atoms. The second kappa shape index (κ2) is 7.72. The van der Waals surface area contributed by atoms with Gasteiger partial charge in [0.1, 0.15) is 0 Å². The fourth-order valence-corrected chi connectivity index (χ4v) is 5.30. The fraction of sp³-hybridized carbons (Fsp3) is 0.667. The van der Waals surface area contributed by atoms with E-state index in [0.717, 1.165) is 19.6 Å². The fourth-order valence-electron chi connectivity index (χ4n) is 3.74. The quantitative estimate of drug-likeness (QED) is 0.805. The van der Waals surface area contributed by atoms with Crippen molar-refractivity contribution in [2.24, 2.45) is 0 Å². The third-order valence-corrected chi connectivity index (χ3v) is 7.21. The number of morpholine rings is 1. The molecule has 0 atom stereocenters. The van der Waals surface area contributed by atoms with Gasteiger partial charge in [-0.1, -0.05) is 17.7 Å². The summed E-state index contributed by atoms with van der Waals surface area (Å²) in [5.41, 5.74) is 5.30. The van der Waals surface area contributed by atoms with E-state index in [1.165, 1.54) is 22.3 Å². The van der Waals surface area contributed by atoms with Crippen LogP contribution in [0.2, 0.25) is 0 Å². The van der Waals surface area contributed by atoms with E-state index in [1.807, 2.05) is 0 Å². The Morgan fingerprint density at radius 2 is 1.40 bits per heavy atom. The molecule has 2 heterocycles. The molecule has 0 aromatic heterocycles. The Balaban J connectivity index is 1.60. The van der Waals surface area contributed by atoms with Crippen LogP contribution in [0.3, 0.4) is 0 Å². The Morgan fingerprint density at radius 1 is 0.880 bits per heavy atom. The molecule has 0 saturated carbocycles. The molecular weight excluding hydrogens is 338 g/mol. The topological polar surface area (TPSA) is 53.1 Å². The maximum Gasteiger partial charge on any atom is 0.282 e. The van der Waals surface area contributed by atoms with E-state index in [2.05, 4.69) is 37.8 Å². The lowest BCUT2D eigenvalue weighted by molar-refractivity contribution is 0.0684. The monoisotopic (exact) mass is 367 g/mol. The maximum absolute atomic E-state index is 12.7. The maximum atomic E-state index is 12.7. The van der Waals surface area contributed by atoms with Crippen molar-refractivity contribution in [2.75, 3.05) is 52.5 Å². The molecule has 1 aromatic rings. The number of hydrogen-bond donors (Lipinski definition) is 0. The van der Waals surface area contributed by atoms with Crippen LogP contribution in [0.1, 0.15) is 22.3 Å². The van der Waals surface area contributed by atoms with E-state index >= 15 is 0 Å². The summed E-state index contributed by atoms with van der Waals surface area (Å²) < 4.78 is 33.9. The largest absolute Gasteiger partial charge is 0.379 e. The minimum Gasteiger partial charge on any atom is -0.379 e. The molecule has 0 N–H and O–H groups in total. The summed E-state index contributed by atoms with van der Waals surface area (Å²) >= 11 is 0. The van der Waals surface area contributed by atoms with Gasteiger partial charge in [-0.25, -0.2) is 0 Å². The Hall–Kier alpha value is -0.990. The summed E-state index contributed by atoms with van der Waals surface area (Å²) in [5, 5.41) is 0. The molecule has 0 unspecified atom stereocenters. The molecule has 2 aliphatic heterocycles. The van der Waals surface area contributed by atoms with Gasteiger partial charge in [0.2, 0.25) is 0 Å². The number of ether oxygens (including phenoxy) is 1.